The largest absolute Gasteiger partial charge is 0.472 e. The summed E-state index contributed by atoms with van der Waals surface area (Å²) in [7, 11) is 0. The summed E-state index contributed by atoms with van der Waals surface area (Å²) >= 11 is 0. The van der Waals surface area contributed by atoms with Crippen molar-refractivity contribution in [1.82, 2.24) is 0 Å². The van der Waals surface area contributed by atoms with Gasteiger partial charge in [-0.3, -0.25) is 0 Å². The van der Waals surface area contributed by atoms with E-state index in [1.165, 1.54) is 84.7 Å². The van der Waals surface area contributed by atoms with E-state index < -0.39 is 0 Å². The fourth-order valence-corrected chi connectivity index (χ4v) is 14.1. The lowest BCUT2D eigenvalue weighted by molar-refractivity contribution is 0.282. The first kappa shape index (κ1) is 49.0. The molecule has 1 aromatic heterocycles. The molecule has 0 fully saturated rings. The van der Waals surface area contributed by atoms with Crippen molar-refractivity contribution in [3.8, 4) is 0 Å². The van der Waals surface area contributed by atoms with Crippen LogP contribution in [0.1, 0.15) is 187 Å². The molecular formula is C69H80BN3O. The zero-order chi connectivity index (χ0) is 52.4. The number of hydrogen-bond donors (Lipinski definition) is 0. The summed E-state index contributed by atoms with van der Waals surface area (Å²) < 4.78 is 7.89. The van der Waals surface area contributed by atoms with E-state index in [-0.39, 0.29) is 44.6 Å². The van der Waals surface area contributed by atoms with Gasteiger partial charge in [0, 0.05) is 50.8 Å². The molecule has 0 spiro atoms. The fourth-order valence-electron chi connectivity index (χ4n) is 14.1. The maximum Gasteiger partial charge on any atom is 0.297 e. The van der Waals surface area contributed by atoms with Gasteiger partial charge in [-0.15, -0.1) is 0 Å². The number of nitrogens with zero attached hydrogens (tertiary/aromatic N) is 3. The number of rotatable bonds is 5. The number of anilines is 9. The Hall–Kier alpha value is -5.94. The maximum absolute atomic E-state index is 7.89. The van der Waals surface area contributed by atoms with Gasteiger partial charge in [0.25, 0.3) is 6.71 Å². The molecule has 3 aliphatic carbocycles. The summed E-state index contributed by atoms with van der Waals surface area (Å²) in [6, 6.07) is 47.2. The van der Waals surface area contributed by atoms with Crippen molar-refractivity contribution < 1.29 is 4.42 Å². The Morgan fingerprint density at radius 1 is 0.473 bits per heavy atom. The highest BCUT2D eigenvalue weighted by Crippen LogP contribution is 2.58. The Morgan fingerprint density at radius 3 is 1.46 bits per heavy atom. The van der Waals surface area contributed by atoms with E-state index in [1.54, 1.807) is 0 Å². The smallest absolute Gasteiger partial charge is 0.297 e. The number of fused-ring (bicyclic) bond motifs is 8. The van der Waals surface area contributed by atoms with Crippen LogP contribution in [0.15, 0.2) is 126 Å². The zero-order valence-electron chi connectivity index (χ0n) is 47.6. The minimum atomic E-state index is -0.154. The van der Waals surface area contributed by atoms with Crippen LogP contribution in [0, 0.1) is 6.92 Å². The molecule has 0 bridgehead atoms. The van der Waals surface area contributed by atoms with Crippen LogP contribution in [-0.2, 0) is 37.9 Å². The van der Waals surface area contributed by atoms with Crippen molar-refractivity contribution in [3.05, 3.63) is 166 Å². The van der Waals surface area contributed by atoms with Crippen LogP contribution >= 0.6 is 0 Å². The maximum atomic E-state index is 7.89. The third kappa shape index (κ3) is 7.35. The molecule has 0 unspecified atom stereocenters. The molecule has 3 heterocycles. The topological polar surface area (TPSA) is 22.9 Å². The molecule has 4 nitrogen and oxygen atoms in total. The van der Waals surface area contributed by atoms with Crippen molar-refractivity contribution in [2.75, 3.05) is 14.7 Å². The average Bonchev–Trinajstić information content (AvgIpc) is 3.77. The van der Waals surface area contributed by atoms with Gasteiger partial charge in [-0.2, -0.15) is 0 Å². The van der Waals surface area contributed by atoms with Crippen LogP contribution in [0.3, 0.4) is 0 Å². The summed E-state index contributed by atoms with van der Waals surface area (Å²) in [6.45, 7) is 38.8. The fraction of sp³-hybridized carbons (Fsp3) is 0.420. The van der Waals surface area contributed by atoms with E-state index in [2.05, 4.69) is 247 Å². The number of hydrogen-bond acceptors (Lipinski definition) is 4. The van der Waals surface area contributed by atoms with Crippen LogP contribution in [0.25, 0.3) is 0 Å². The third-order valence-corrected chi connectivity index (χ3v) is 19.2. The molecule has 5 aliphatic rings. The van der Waals surface area contributed by atoms with Crippen molar-refractivity contribution >= 4 is 74.5 Å². The van der Waals surface area contributed by atoms with Crippen molar-refractivity contribution in [3.63, 3.8) is 0 Å². The Morgan fingerprint density at radius 2 is 0.932 bits per heavy atom. The highest BCUT2D eigenvalue weighted by molar-refractivity contribution is 6.99. The standard InChI is InChI=1S/C69H80BN3O/c1-43-37-49-51(66(9,10)33-31-64(49,5)6)41-54(43)73-55-42-52-50(65(7,8)32-34-67(52,11)12)40-53(55)70-59-56(38-48(39-57(59)73)71(45-23-19-17-20-24-45)46-25-21-18-22-26-46)72(47-29-27-44(28-30-47)63(2,3)4)60-58-61(74-62(60)70)69(15,16)36-35-68(58,13)14/h17-30,37-42H,31-36H2,1-16H3. The Bertz CT molecular complexity index is 3360. The summed E-state index contributed by atoms with van der Waals surface area (Å²) in [5.41, 5.74) is 24.2. The quantitative estimate of drug-likeness (QED) is 0.160. The van der Waals surface area contributed by atoms with Gasteiger partial charge >= 0.3 is 0 Å². The second-order valence-electron chi connectivity index (χ2n) is 28.3. The molecule has 0 atom stereocenters. The molecule has 7 aromatic rings. The van der Waals surface area contributed by atoms with Crippen LogP contribution in [0.5, 0.6) is 0 Å². The first-order valence-corrected chi connectivity index (χ1v) is 28.0. The third-order valence-electron chi connectivity index (χ3n) is 19.2. The number of furan rings is 1. The summed E-state index contributed by atoms with van der Waals surface area (Å²) in [6.07, 6.45) is 6.78. The molecule has 12 rings (SSSR count). The van der Waals surface area contributed by atoms with E-state index in [0.717, 1.165) is 66.3 Å². The predicted molar refractivity (Wildman–Crippen MR) is 317 cm³/mol. The normalized spacial score (nSPS) is 19.9. The van der Waals surface area contributed by atoms with E-state index in [1.807, 2.05) is 0 Å². The van der Waals surface area contributed by atoms with E-state index >= 15 is 0 Å². The lowest BCUT2D eigenvalue weighted by Crippen LogP contribution is -2.61. The van der Waals surface area contributed by atoms with Gasteiger partial charge in [0.2, 0.25) is 0 Å². The lowest BCUT2D eigenvalue weighted by atomic mass is 9.35. The first-order valence-electron chi connectivity index (χ1n) is 28.0. The highest BCUT2D eigenvalue weighted by Gasteiger charge is 2.54. The molecule has 5 heteroatoms. The van der Waals surface area contributed by atoms with Gasteiger partial charge in [0.15, 0.2) is 0 Å². The van der Waals surface area contributed by atoms with Gasteiger partial charge < -0.3 is 19.1 Å². The van der Waals surface area contributed by atoms with E-state index in [4.69, 9.17) is 4.42 Å². The molecular weight excluding hydrogens is 898 g/mol. The molecule has 2 aliphatic heterocycles. The van der Waals surface area contributed by atoms with Crippen LogP contribution in [0.2, 0.25) is 0 Å². The van der Waals surface area contributed by atoms with Crippen molar-refractivity contribution in [2.45, 2.75) is 187 Å². The summed E-state index contributed by atoms with van der Waals surface area (Å²) in [4.78, 5) is 7.87. The van der Waals surface area contributed by atoms with Gasteiger partial charge in [-0.05, 0) is 183 Å². The minimum absolute atomic E-state index is 0.00126. The molecule has 0 saturated heterocycles. The van der Waals surface area contributed by atoms with Crippen LogP contribution in [-0.4, -0.2) is 6.71 Å². The van der Waals surface area contributed by atoms with Crippen molar-refractivity contribution in [2.24, 2.45) is 0 Å². The summed E-state index contributed by atoms with van der Waals surface area (Å²) in [5, 5.41) is 0. The highest BCUT2D eigenvalue weighted by atomic mass is 16.3. The van der Waals surface area contributed by atoms with Crippen molar-refractivity contribution in [1.29, 1.82) is 0 Å². The molecule has 0 saturated carbocycles. The van der Waals surface area contributed by atoms with E-state index in [0.29, 0.717) is 0 Å². The Balaban J connectivity index is 1.28. The Labute approximate surface area is 444 Å². The van der Waals surface area contributed by atoms with Gasteiger partial charge in [0.05, 0.1) is 17.0 Å². The van der Waals surface area contributed by atoms with E-state index in [9.17, 15) is 0 Å². The molecule has 0 N–H and O–H groups in total. The zero-order valence-corrected chi connectivity index (χ0v) is 47.6. The van der Waals surface area contributed by atoms with Gasteiger partial charge in [0.1, 0.15) is 5.76 Å². The number of benzene rings is 6. The SMILES string of the molecule is Cc1cc2c(cc1N1c3cc4c(cc3B3c5oc6c(c5N(c5ccc(C(C)(C)C)cc5)c5cc(N(c7ccccc7)c7ccccc7)cc1c53)C(C)(C)CCC6(C)C)C(C)(C)CCC4(C)C)C(C)(C)CCC2(C)C. The van der Waals surface area contributed by atoms with Crippen LogP contribution in [0.4, 0.5) is 51.2 Å². The van der Waals surface area contributed by atoms with Crippen LogP contribution < -0.4 is 31.3 Å². The second kappa shape index (κ2) is 16.0. The second-order valence-corrected chi connectivity index (χ2v) is 28.3. The monoisotopic (exact) mass is 978 g/mol. The molecule has 0 amide bonds. The van der Waals surface area contributed by atoms with Gasteiger partial charge in [-0.1, -0.05) is 165 Å². The van der Waals surface area contributed by atoms with Gasteiger partial charge in [-0.25, -0.2) is 0 Å². The summed E-state index contributed by atoms with van der Waals surface area (Å²) in [5.74, 6) is 1.15. The molecule has 6 aromatic carbocycles. The average molecular weight is 978 g/mol. The molecule has 0 radical (unpaired) electrons. The number of aryl methyl sites for hydroxylation is 1. The number of para-hydroxylation sites is 2. The molecule has 380 valence electrons. The minimum Gasteiger partial charge on any atom is -0.472 e. The molecule has 74 heavy (non-hydrogen) atoms. The lowest BCUT2D eigenvalue weighted by Gasteiger charge is -2.48. The first-order chi connectivity index (χ1) is 34.7. The predicted octanol–water partition coefficient (Wildman–Crippen LogP) is 17.5. The Kier molecular flexibility index (Phi) is 10.6.